The number of pyridine rings is 2. The Morgan fingerprint density at radius 1 is 1.32 bits per heavy atom. The zero-order chi connectivity index (χ0) is 19.9. The summed E-state index contributed by atoms with van der Waals surface area (Å²) in [7, 11) is 0. The molecule has 0 aliphatic carbocycles. The summed E-state index contributed by atoms with van der Waals surface area (Å²) in [6.07, 6.45) is 5.26. The number of aryl methyl sites for hydroxylation is 1. The first kappa shape index (κ1) is 20.2. The lowest BCUT2D eigenvalue weighted by atomic mass is 10.3. The predicted octanol–water partition coefficient (Wildman–Crippen LogP) is 1.32. The highest BCUT2D eigenvalue weighted by molar-refractivity contribution is 9.10. The molecule has 2 aromatic rings. The van der Waals surface area contributed by atoms with E-state index in [2.05, 4.69) is 40.3 Å². The molecule has 0 spiro atoms. The van der Waals surface area contributed by atoms with E-state index in [4.69, 9.17) is 4.74 Å². The molecule has 1 atom stereocenters. The molecule has 0 amide bonds. The first-order valence-corrected chi connectivity index (χ1v) is 10.4. The molecule has 3 rings (SSSR count). The van der Waals surface area contributed by atoms with Crippen LogP contribution in [0.1, 0.15) is 17.5 Å². The Morgan fingerprint density at radius 3 is 2.86 bits per heavy atom. The van der Waals surface area contributed by atoms with Crippen LogP contribution in [0.15, 0.2) is 50.1 Å². The molecule has 9 nitrogen and oxygen atoms in total. The van der Waals surface area contributed by atoms with Gasteiger partial charge in [-0.1, -0.05) is 0 Å². The van der Waals surface area contributed by atoms with E-state index in [1.807, 2.05) is 19.1 Å². The van der Waals surface area contributed by atoms with Crippen molar-refractivity contribution >= 4 is 38.8 Å². The maximum atomic E-state index is 11.6. The van der Waals surface area contributed by atoms with Crippen LogP contribution in [0.2, 0.25) is 0 Å². The van der Waals surface area contributed by atoms with Gasteiger partial charge in [-0.3, -0.25) is 0 Å². The lowest BCUT2D eigenvalue weighted by Gasteiger charge is -2.11. The summed E-state index contributed by atoms with van der Waals surface area (Å²) < 4.78 is 26.9. The fourth-order valence-electron chi connectivity index (χ4n) is 2.41. The molecular formula is C17H19BrN6O3S. The topological polar surface area (TPSA) is 115 Å². The molecule has 2 N–H and O–H groups in total. The molecule has 1 aliphatic heterocycles. The zero-order valence-electron chi connectivity index (χ0n) is 15.1. The molecule has 0 saturated heterocycles. The molecule has 1 aliphatic rings. The number of aromatic nitrogens is 2. The maximum Gasteiger partial charge on any atom is 0.269 e. The third-order valence-corrected chi connectivity index (χ3v) is 4.82. The van der Waals surface area contributed by atoms with Crippen LogP contribution >= 0.6 is 15.9 Å². The number of amidine groups is 2. The number of rotatable bonds is 7. The lowest BCUT2D eigenvalue weighted by Crippen LogP contribution is -2.39. The maximum absolute atomic E-state index is 11.6. The first-order valence-electron chi connectivity index (χ1n) is 8.51. The number of nitrogens with zero attached hydrogens (tertiary/aromatic N) is 4. The fraction of sp³-hybridized carbons (Fsp3) is 0.294. The van der Waals surface area contributed by atoms with Crippen molar-refractivity contribution in [2.75, 3.05) is 13.2 Å². The minimum Gasteiger partial charge on any atom is -0.619 e. The number of ether oxygens (including phenoxy) is 1. The van der Waals surface area contributed by atoms with Crippen molar-refractivity contribution in [1.82, 2.24) is 15.6 Å². The zero-order valence-corrected chi connectivity index (χ0v) is 17.5. The van der Waals surface area contributed by atoms with Crippen molar-refractivity contribution in [2.24, 2.45) is 8.80 Å². The van der Waals surface area contributed by atoms with Gasteiger partial charge >= 0.3 is 0 Å². The monoisotopic (exact) mass is 466 g/mol. The predicted molar refractivity (Wildman–Crippen MR) is 110 cm³/mol. The number of halogens is 1. The van der Waals surface area contributed by atoms with Crippen LogP contribution in [-0.4, -0.2) is 34.0 Å². The van der Waals surface area contributed by atoms with Gasteiger partial charge in [-0.2, -0.15) is 4.73 Å². The molecule has 1 unspecified atom stereocenters. The third kappa shape index (κ3) is 5.73. The Kier molecular flexibility index (Phi) is 6.93. The third-order valence-electron chi connectivity index (χ3n) is 3.71. The van der Waals surface area contributed by atoms with E-state index in [1.54, 1.807) is 12.3 Å². The average molecular weight is 467 g/mol. The Balaban J connectivity index is 1.43. The summed E-state index contributed by atoms with van der Waals surface area (Å²) in [5.74, 6) is 1.44. The summed E-state index contributed by atoms with van der Waals surface area (Å²) >= 11 is 1.72. The van der Waals surface area contributed by atoms with Gasteiger partial charge in [0, 0.05) is 41.0 Å². The Hall–Kier alpha value is -2.53. The lowest BCUT2D eigenvalue weighted by molar-refractivity contribution is -0.605. The fourth-order valence-corrected chi connectivity index (χ4v) is 3.51. The number of hydrogen-bond donors (Lipinski definition) is 2. The number of hydrogen-bond acceptors (Lipinski definition) is 6. The second-order valence-corrected chi connectivity index (χ2v) is 7.68. The molecular weight excluding hydrogens is 448 g/mol. The molecule has 3 heterocycles. The molecule has 11 heteroatoms. The van der Waals surface area contributed by atoms with Crippen molar-refractivity contribution in [3.63, 3.8) is 0 Å². The van der Waals surface area contributed by atoms with Gasteiger partial charge in [0.2, 0.25) is 5.88 Å². The quantitative estimate of drug-likeness (QED) is 0.361. The van der Waals surface area contributed by atoms with Crippen molar-refractivity contribution in [2.45, 2.75) is 19.9 Å². The van der Waals surface area contributed by atoms with Crippen molar-refractivity contribution < 1.29 is 13.7 Å². The summed E-state index contributed by atoms with van der Waals surface area (Å²) in [4.78, 5) is 4.23. The Morgan fingerprint density at radius 2 is 2.11 bits per heavy atom. The van der Waals surface area contributed by atoms with Gasteiger partial charge in [-0.15, -0.1) is 8.80 Å². The van der Waals surface area contributed by atoms with Crippen LogP contribution < -0.4 is 20.1 Å². The van der Waals surface area contributed by atoms with E-state index in [-0.39, 0.29) is 0 Å². The van der Waals surface area contributed by atoms with Gasteiger partial charge in [-0.05, 0) is 41.4 Å². The highest BCUT2D eigenvalue weighted by Crippen LogP contribution is 2.18. The molecule has 28 heavy (non-hydrogen) atoms. The highest BCUT2D eigenvalue weighted by atomic mass is 79.9. The molecule has 0 radical (unpaired) electrons. The van der Waals surface area contributed by atoms with Crippen LogP contribution in [0.5, 0.6) is 5.88 Å². The van der Waals surface area contributed by atoms with Gasteiger partial charge in [0.25, 0.3) is 11.2 Å². The van der Waals surface area contributed by atoms with Crippen LogP contribution in [0.4, 0.5) is 0 Å². The minimum absolute atomic E-state index is 0.372. The van der Waals surface area contributed by atoms with Gasteiger partial charge in [-0.25, -0.2) is 9.19 Å². The van der Waals surface area contributed by atoms with E-state index in [0.29, 0.717) is 43.7 Å². The average Bonchev–Trinajstić information content (AvgIpc) is 3.01. The largest absolute Gasteiger partial charge is 0.619 e. The SMILES string of the molecule is Cc1cc(Br)cnc1OCCCNC1=NS(=O)N=C1NCc1ccc[n+]([O-])c1. The van der Waals surface area contributed by atoms with Crippen molar-refractivity contribution in [3.05, 3.63) is 57.6 Å². The van der Waals surface area contributed by atoms with Gasteiger partial charge in [0.15, 0.2) is 24.1 Å². The first-order chi connectivity index (χ1) is 13.5. The molecule has 0 saturated carbocycles. The second kappa shape index (κ2) is 9.60. The van der Waals surface area contributed by atoms with E-state index < -0.39 is 11.2 Å². The standard InChI is InChI=1S/C17H19BrN6O3S/c1-12-8-14(18)10-21-17(12)27-7-3-5-19-15-16(23-28(26)22-15)20-9-13-4-2-6-24(25)11-13/h2,4,6,8,10-11H,3,5,7,9H2,1H3,(H,19,22)(H,20,23). The smallest absolute Gasteiger partial charge is 0.269 e. The molecule has 2 aromatic heterocycles. The minimum atomic E-state index is -1.65. The van der Waals surface area contributed by atoms with Gasteiger partial charge < -0.3 is 20.6 Å². The Bertz CT molecular complexity index is 937. The van der Waals surface area contributed by atoms with Crippen LogP contribution in [0.25, 0.3) is 0 Å². The summed E-state index contributed by atoms with van der Waals surface area (Å²) in [5.41, 5.74) is 1.74. The van der Waals surface area contributed by atoms with Gasteiger partial charge in [0.1, 0.15) is 0 Å². The highest BCUT2D eigenvalue weighted by Gasteiger charge is 2.18. The second-order valence-electron chi connectivity index (χ2n) is 5.94. The molecule has 0 fully saturated rings. The molecule has 148 valence electrons. The normalized spacial score (nSPS) is 15.7. The van der Waals surface area contributed by atoms with E-state index in [1.165, 1.54) is 12.4 Å². The summed E-state index contributed by atoms with van der Waals surface area (Å²) in [5, 5.41) is 17.5. The van der Waals surface area contributed by atoms with Crippen LogP contribution in [-0.2, 0) is 17.7 Å². The van der Waals surface area contributed by atoms with Gasteiger partial charge in [0.05, 0.1) is 6.61 Å². The molecule has 0 aromatic carbocycles. The van der Waals surface area contributed by atoms with E-state index in [9.17, 15) is 9.42 Å². The number of nitrogens with one attached hydrogen (secondary N) is 2. The summed E-state index contributed by atoms with van der Waals surface area (Å²) in [6, 6.07) is 5.42. The molecule has 0 bridgehead atoms. The summed E-state index contributed by atoms with van der Waals surface area (Å²) in [6.45, 7) is 3.35. The van der Waals surface area contributed by atoms with Crippen molar-refractivity contribution in [1.29, 1.82) is 0 Å². The van der Waals surface area contributed by atoms with Crippen LogP contribution in [0, 0.1) is 12.1 Å². The van der Waals surface area contributed by atoms with E-state index in [0.717, 1.165) is 20.3 Å². The van der Waals surface area contributed by atoms with E-state index >= 15 is 0 Å². The van der Waals surface area contributed by atoms with Crippen LogP contribution in [0.3, 0.4) is 0 Å². The Labute approximate surface area is 173 Å². The van der Waals surface area contributed by atoms with Crippen molar-refractivity contribution in [3.8, 4) is 5.88 Å².